The first-order valence-electron chi connectivity index (χ1n) is 10.7. The Kier molecular flexibility index (Phi) is 8.35. The van der Waals surface area contributed by atoms with Crippen LogP contribution in [0.2, 0.25) is 5.02 Å². The van der Waals surface area contributed by atoms with Crippen molar-refractivity contribution in [2.24, 2.45) is 7.05 Å². The SMILES string of the molecule is Cn1c(=O)c(C(=O)C=CNc2ccc(C(F)(F)F)cc2)cn(CCNc2[nH+]cc(C(F)(F)F)cc2Cl)c1=O. The van der Waals surface area contributed by atoms with Gasteiger partial charge in [0.2, 0.25) is 0 Å². The molecule has 0 aliphatic heterocycles. The van der Waals surface area contributed by atoms with E-state index in [1.54, 1.807) is 0 Å². The molecule has 1 aromatic carbocycles. The number of aromatic nitrogens is 3. The summed E-state index contributed by atoms with van der Waals surface area (Å²) in [6, 6.07) is 4.75. The van der Waals surface area contributed by atoms with E-state index in [0.717, 1.165) is 60.4 Å². The number of alkyl halides is 6. The van der Waals surface area contributed by atoms with Gasteiger partial charge in [-0.05, 0) is 30.3 Å². The number of aromatic amines is 1. The number of rotatable bonds is 8. The van der Waals surface area contributed by atoms with Gasteiger partial charge in [-0.25, -0.2) is 9.78 Å². The minimum atomic E-state index is -4.59. The van der Waals surface area contributed by atoms with Crippen molar-refractivity contribution >= 4 is 28.9 Å². The number of ketones is 1. The van der Waals surface area contributed by atoms with E-state index in [0.29, 0.717) is 10.8 Å². The Morgan fingerprint density at radius 2 is 1.68 bits per heavy atom. The lowest BCUT2D eigenvalue weighted by molar-refractivity contribution is -0.364. The number of nitrogens with zero attached hydrogens (tertiary/aromatic N) is 2. The van der Waals surface area contributed by atoms with E-state index in [1.807, 2.05) is 0 Å². The Bertz CT molecular complexity index is 1480. The van der Waals surface area contributed by atoms with Crippen LogP contribution >= 0.6 is 11.6 Å². The van der Waals surface area contributed by atoms with Crippen LogP contribution in [0.4, 0.5) is 37.8 Å². The van der Waals surface area contributed by atoms with Crippen molar-refractivity contribution < 1.29 is 36.1 Å². The Morgan fingerprint density at radius 1 is 1.05 bits per heavy atom. The third-order valence-corrected chi connectivity index (χ3v) is 5.49. The summed E-state index contributed by atoms with van der Waals surface area (Å²) in [5, 5.41) is 5.11. The molecule has 3 N–H and O–H groups in total. The second-order valence-electron chi connectivity index (χ2n) is 7.84. The van der Waals surface area contributed by atoms with Gasteiger partial charge in [0.05, 0.1) is 17.7 Å². The molecule has 0 saturated carbocycles. The predicted molar refractivity (Wildman–Crippen MR) is 126 cm³/mol. The molecule has 38 heavy (non-hydrogen) atoms. The van der Waals surface area contributed by atoms with E-state index in [1.165, 1.54) is 0 Å². The summed E-state index contributed by atoms with van der Waals surface area (Å²) in [7, 11) is 1.16. The molecule has 0 saturated heterocycles. The lowest BCUT2D eigenvalue weighted by atomic mass is 10.2. The Labute approximate surface area is 215 Å². The lowest BCUT2D eigenvalue weighted by Crippen LogP contribution is -2.41. The molecule has 8 nitrogen and oxygen atoms in total. The maximum atomic E-state index is 12.8. The number of anilines is 2. The molecule has 15 heteroatoms. The third kappa shape index (κ3) is 6.82. The van der Waals surface area contributed by atoms with Crippen molar-refractivity contribution in [3.05, 3.63) is 97.6 Å². The Hall–Kier alpha value is -4.07. The van der Waals surface area contributed by atoms with Gasteiger partial charge in [-0.3, -0.25) is 24.0 Å². The fourth-order valence-electron chi connectivity index (χ4n) is 3.18. The van der Waals surface area contributed by atoms with E-state index < -0.39 is 40.5 Å². The van der Waals surface area contributed by atoms with E-state index in [-0.39, 0.29) is 35.2 Å². The molecule has 2 heterocycles. The smallest absolute Gasteiger partial charge is 0.362 e. The highest BCUT2D eigenvalue weighted by Gasteiger charge is 2.33. The number of halogens is 7. The van der Waals surface area contributed by atoms with E-state index >= 15 is 0 Å². The zero-order chi connectivity index (χ0) is 28.3. The number of pyridine rings is 1. The molecule has 202 valence electrons. The second kappa shape index (κ2) is 11.1. The molecule has 0 atom stereocenters. The maximum absolute atomic E-state index is 12.8. The Balaban J connectivity index is 1.70. The van der Waals surface area contributed by atoms with E-state index in [9.17, 15) is 40.7 Å². The summed E-state index contributed by atoms with van der Waals surface area (Å²) in [6.45, 7) is -0.107. The van der Waals surface area contributed by atoms with Gasteiger partial charge in [0.25, 0.3) is 11.4 Å². The molecule has 0 fully saturated rings. The summed E-state index contributed by atoms with van der Waals surface area (Å²) >= 11 is 5.87. The molecule has 0 unspecified atom stereocenters. The van der Waals surface area contributed by atoms with Crippen molar-refractivity contribution in [1.29, 1.82) is 0 Å². The molecule has 2 aromatic heterocycles. The highest BCUT2D eigenvalue weighted by molar-refractivity contribution is 6.32. The van der Waals surface area contributed by atoms with E-state index in [2.05, 4.69) is 15.6 Å². The second-order valence-corrected chi connectivity index (χ2v) is 8.24. The van der Waals surface area contributed by atoms with Gasteiger partial charge in [0.1, 0.15) is 23.3 Å². The van der Waals surface area contributed by atoms with Crippen LogP contribution in [0.25, 0.3) is 0 Å². The van der Waals surface area contributed by atoms with Gasteiger partial charge in [-0.1, -0.05) is 11.6 Å². The van der Waals surface area contributed by atoms with Gasteiger partial charge >= 0.3 is 18.0 Å². The topological polar surface area (TPSA) is 99.3 Å². The normalized spacial score (nSPS) is 12.1. The predicted octanol–water partition coefficient (Wildman–Crippen LogP) is 3.97. The van der Waals surface area contributed by atoms with Gasteiger partial charge < -0.3 is 5.32 Å². The van der Waals surface area contributed by atoms with Crippen LogP contribution < -0.4 is 26.9 Å². The molecular formula is C23H19ClF6N5O3+. The number of hydrogen-bond acceptors (Lipinski definition) is 5. The first kappa shape index (κ1) is 28.5. The molecule has 0 aliphatic rings. The summed E-state index contributed by atoms with van der Waals surface area (Å²) in [5.41, 5.74) is -3.56. The number of H-pyrrole nitrogens is 1. The van der Waals surface area contributed by atoms with E-state index in [4.69, 9.17) is 11.6 Å². The van der Waals surface area contributed by atoms with Crippen LogP contribution in [0.5, 0.6) is 0 Å². The summed E-state index contributed by atoms with van der Waals surface area (Å²) in [4.78, 5) is 39.8. The largest absolute Gasteiger partial charge is 0.419 e. The van der Waals surface area contributed by atoms with Crippen molar-refractivity contribution in [2.75, 3.05) is 17.2 Å². The summed E-state index contributed by atoms with van der Waals surface area (Å²) < 4.78 is 78.0. The van der Waals surface area contributed by atoms with Crippen LogP contribution in [-0.2, 0) is 25.9 Å². The minimum Gasteiger partial charge on any atom is -0.362 e. The van der Waals surface area contributed by atoms with Crippen LogP contribution in [-0.4, -0.2) is 21.5 Å². The fraction of sp³-hybridized carbons (Fsp3) is 0.217. The van der Waals surface area contributed by atoms with Gasteiger partial charge in [-0.2, -0.15) is 26.3 Å². The molecule has 0 amide bonds. The maximum Gasteiger partial charge on any atom is 0.419 e. The first-order valence-corrected chi connectivity index (χ1v) is 11.0. The number of benzene rings is 1. The van der Waals surface area contributed by atoms with Crippen LogP contribution in [0.1, 0.15) is 21.5 Å². The third-order valence-electron chi connectivity index (χ3n) is 5.19. The van der Waals surface area contributed by atoms with Crippen molar-refractivity contribution in [3.63, 3.8) is 0 Å². The van der Waals surface area contributed by atoms with Gasteiger partial charge in [0, 0.05) is 31.2 Å². The molecule has 3 aromatic rings. The van der Waals surface area contributed by atoms with Crippen molar-refractivity contribution in [3.8, 4) is 0 Å². The molecule has 0 spiro atoms. The Morgan fingerprint density at radius 3 is 2.26 bits per heavy atom. The number of nitrogens with one attached hydrogen (secondary N) is 3. The summed E-state index contributed by atoms with van der Waals surface area (Å²) in [5.74, 6) is -0.725. The molecule has 0 radical (unpaired) electrons. The lowest BCUT2D eigenvalue weighted by Gasteiger charge is -2.10. The zero-order valence-electron chi connectivity index (χ0n) is 19.4. The average molecular weight is 563 g/mol. The van der Waals surface area contributed by atoms with Crippen LogP contribution in [0.3, 0.4) is 0 Å². The molecule has 0 aliphatic carbocycles. The quantitative estimate of drug-likeness (QED) is 0.246. The minimum absolute atomic E-state index is 0.0152. The summed E-state index contributed by atoms with van der Waals surface area (Å²) in [6.07, 6.45) is -5.23. The standard InChI is InChI=1S/C23H18ClF6N5O3/c1-34-20(37)16(18(36)6-7-31-15-4-2-13(3-5-15)22(25,26)27)12-35(21(34)38)9-8-32-19-17(24)10-14(11-33-19)23(28,29)30/h2-7,10-12,31H,8-9H2,1H3,(H,32,33)/p+1. The molecule has 0 bridgehead atoms. The average Bonchev–Trinajstić information content (AvgIpc) is 2.84. The van der Waals surface area contributed by atoms with Crippen LogP contribution in [0, 0.1) is 0 Å². The highest BCUT2D eigenvalue weighted by atomic mass is 35.5. The molecule has 3 rings (SSSR count). The highest BCUT2D eigenvalue weighted by Crippen LogP contribution is 2.31. The number of hydrogen-bond donors (Lipinski definition) is 2. The van der Waals surface area contributed by atoms with Gasteiger partial charge in [-0.15, -0.1) is 0 Å². The van der Waals surface area contributed by atoms with Crippen molar-refractivity contribution in [2.45, 2.75) is 18.9 Å². The van der Waals surface area contributed by atoms with Crippen LogP contribution in [0.15, 0.2) is 64.6 Å². The number of carbonyl (C=O) groups excluding carboxylic acids is 1. The monoisotopic (exact) mass is 562 g/mol. The number of allylic oxidation sites excluding steroid dienone is 1. The number of carbonyl (C=O) groups is 1. The fourth-order valence-corrected chi connectivity index (χ4v) is 3.42. The van der Waals surface area contributed by atoms with Gasteiger partial charge in [0.15, 0.2) is 5.78 Å². The zero-order valence-corrected chi connectivity index (χ0v) is 20.1. The van der Waals surface area contributed by atoms with Crippen molar-refractivity contribution in [1.82, 2.24) is 9.13 Å². The molecular weight excluding hydrogens is 544 g/mol. The first-order chi connectivity index (χ1) is 17.7.